The molecule has 0 aliphatic carbocycles. The van der Waals surface area contributed by atoms with Crippen molar-refractivity contribution >= 4 is 9.84 Å². The summed E-state index contributed by atoms with van der Waals surface area (Å²) in [4.78, 5) is 2.37. The first-order chi connectivity index (χ1) is 8.76. The molecule has 0 aromatic heterocycles. The summed E-state index contributed by atoms with van der Waals surface area (Å²) in [5, 5.41) is 3.60. The molecule has 1 saturated heterocycles. The minimum atomic E-state index is -2.87. The minimum absolute atomic E-state index is 0.249. The van der Waals surface area contributed by atoms with E-state index in [9.17, 15) is 8.42 Å². The smallest absolute Gasteiger partial charge is 0.151 e. The Morgan fingerprint density at radius 3 is 2.32 bits per heavy atom. The van der Waals surface area contributed by atoms with Gasteiger partial charge in [-0.3, -0.25) is 4.90 Å². The Morgan fingerprint density at radius 2 is 1.84 bits per heavy atom. The predicted octanol–water partition coefficient (Wildman–Crippen LogP) is 1.38. The van der Waals surface area contributed by atoms with Crippen LogP contribution in [0.15, 0.2) is 0 Å². The maximum absolute atomic E-state index is 11.7. The number of piperazine rings is 1. The lowest BCUT2D eigenvalue weighted by Gasteiger charge is -2.43. The first-order valence-corrected chi connectivity index (χ1v) is 9.26. The van der Waals surface area contributed by atoms with Crippen LogP contribution in [0.1, 0.15) is 34.6 Å². The fourth-order valence-electron chi connectivity index (χ4n) is 2.62. The van der Waals surface area contributed by atoms with Gasteiger partial charge < -0.3 is 5.32 Å². The molecule has 0 aromatic rings. The van der Waals surface area contributed by atoms with E-state index in [4.69, 9.17) is 0 Å². The normalized spacial score (nSPS) is 26.3. The molecule has 0 spiro atoms. The summed E-state index contributed by atoms with van der Waals surface area (Å²) in [6.45, 7) is 13.2. The molecule has 19 heavy (non-hydrogen) atoms. The quantitative estimate of drug-likeness (QED) is 0.803. The predicted molar refractivity (Wildman–Crippen MR) is 81.2 cm³/mol. The second kappa shape index (κ2) is 7.04. The van der Waals surface area contributed by atoms with Gasteiger partial charge >= 0.3 is 0 Å². The second-order valence-corrected chi connectivity index (χ2v) is 8.77. The Hall–Kier alpha value is -0.130. The molecule has 2 atom stereocenters. The van der Waals surface area contributed by atoms with Crippen molar-refractivity contribution in [2.24, 2.45) is 11.8 Å². The monoisotopic (exact) mass is 290 g/mol. The zero-order valence-electron chi connectivity index (χ0n) is 13.0. The van der Waals surface area contributed by atoms with Crippen molar-refractivity contribution in [3.05, 3.63) is 0 Å². The number of rotatable bonds is 6. The van der Waals surface area contributed by atoms with E-state index in [2.05, 4.69) is 37.9 Å². The number of nitrogens with zero attached hydrogens (tertiary/aromatic N) is 1. The Balaban J connectivity index is 2.67. The average molecular weight is 290 g/mol. The highest BCUT2D eigenvalue weighted by Gasteiger charge is 2.31. The molecular formula is C14H30N2O2S. The topological polar surface area (TPSA) is 49.4 Å². The maximum Gasteiger partial charge on any atom is 0.151 e. The summed E-state index contributed by atoms with van der Waals surface area (Å²) in [6, 6.07) is 0.918. The van der Waals surface area contributed by atoms with Crippen LogP contribution in [0, 0.1) is 11.8 Å². The Labute approximate surface area is 118 Å². The van der Waals surface area contributed by atoms with Gasteiger partial charge in [0.2, 0.25) is 0 Å². The molecule has 1 aliphatic rings. The molecule has 0 saturated carbocycles. The second-order valence-electron chi connectivity index (χ2n) is 6.30. The zero-order chi connectivity index (χ0) is 14.6. The first-order valence-electron chi connectivity index (χ1n) is 7.44. The van der Waals surface area contributed by atoms with Crippen molar-refractivity contribution in [1.29, 1.82) is 0 Å². The lowest BCUT2D eigenvalue weighted by atomic mass is 9.94. The summed E-state index contributed by atoms with van der Waals surface area (Å²) in [6.07, 6.45) is 0. The van der Waals surface area contributed by atoms with Crippen LogP contribution in [0.5, 0.6) is 0 Å². The fourth-order valence-corrected chi connectivity index (χ4v) is 3.42. The van der Waals surface area contributed by atoms with E-state index in [1.54, 1.807) is 6.92 Å². The third-order valence-corrected chi connectivity index (χ3v) is 5.88. The van der Waals surface area contributed by atoms with E-state index < -0.39 is 9.84 Å². The number of hydrogen-bond acceptors (Lipinski definition) is 4. The van der Waals surface area contributed by atoms with Crippen molar-refractivity contribution < 1.29 is 8.42 Å². The van der Waals surface area contributed by atoms with Crippen LogP contribution < -0.4 is 5.32 Å². The zero-order valence-corrected chi connectivity index (χ0v) is 13.8. The van der Waals surface area contributed by atoms with Crippen LogP contribution in [-0.2, 0) is 9.84 Å². The number of sulfone groups is 1. The highest BCUT2D eigenvalue weighted by atomic mass is 32.2. The van der Waals surface area contributed by atoms with Gasteiger partial charge in [-0.25, -0.2) is 8.42 Å². The van der Waals surface area contributed by atoms with Gasteiger partial charge in [-0.2, -0.15) is 0 Å². The van der Waals surface area contributed by atoms with E-state index in [1.165, 1.54) is 0 Å². The van der Waals surface area contributed by atoms with Gasteiger partial charge in [-0.15, -0.1) is 0 Å². The standard InChI is InChI=1S/C14H30N2O2S/c1-6-19(17,18)8-7-16-10-13(11(2)3)15-9-14(16)12(4)5/h11-15H,6-10H2,1-5H3. The SMILES string of the molecule is CCS(=O)(=O)CCN1CC(C(C)C)NCC1C(C)C. The highest BCUT2D eigenvalue weighted by Crippen LogP contribution is 2.18. The molecule has 1 fully saturated rings. The molecule has 0 radical (unpaired) electrons. The number of nitrogens with one attached hydrogen (secondary N) is 1. The highest BCUT2D eigenvalue weighted by molar-refractivity contribution is 7.91. The van der Waals surface area contributed by atoms with Crippen LogP contribution in [-0.4, -0.2) is 56.5 Å². The Bertz CT molecular complexity index is 366. The van der Waals surface area contributed by atoms with Crippen LogP contribution in [0.25, 0.3) is 0 Å². The largest absolute Gasteiger partial charge is 0.311 e. The van der Waals surface area contributed by atoms with Crippen molar-refractivity contribution in [3.8, 4) is 0 Å². The molecule has 4 nitrogen and oxygen atoms in total. The molecule has 1 N–H and O–H groups in total. The van der Waals surface area contributed by atoms with Crippen LogP contribution in [0.4, 0.5) is 0 Å². The summed E-state index contributed by atoms with van der Waals surface area (Å²) in [7, 11) is -2.87. The van der Waals surface area contributed by atoms with Crippen molar-refractivity contribution in [1.82, 2.24) is 10.2 Å². The molecule has 0 amide bonds. The Kier molecular flexibility index (Phi) is 6.27. The van der Waals surface area contributed by atoms with E-state index in [0.29, 0.717) is 30.5 Å². The molecule has 114 valence electrons. The van der Waals surface area contributed by atoms with E-state index in [-0.39, 0.29) is 11.5 Å². The maximum atomic E-state index is 11.7. The third kappa shape index (κ3) is 5.04. The van der Waals surface area contributed by atoms with Gasteiger partial charge in [0.25, 0.3) is 0 Å². The van der Waals surface area contributed by atoms with Gasteiger partial charge in [0.15, 0.2) is 9.84 Å². The lowest BCUT2D eigenvalue weighted by Crippen LogP contribution is -2.60. The molecular weight excluding hydrogens is 260 g/mol. The minimum Gasteiger partial charge on any atom is -0.311 e. The molecule has 5 heteroatoms. The molecule has 2 unspecified atom stereocenters. The lowest BCUT2D eigenvalue weighted by molar-refractivity contribution is 0.0914. The summed E-state index contributed by atoms with van der Waals surface area (Å²) in [5.41, 5.74) is 0. The summed E-state index contributed by atoms with van der Waals surface area (Å²) in [5.74, 6) is 1.67. The fraction of sp³-hybridized carbons (Fsp3) is 1.00. The van der Waals surface area contributed by atoms with Crippen molar-refractivity contribution in [3.63, 3.8) is 0 Å². The van der Waals surface area contributed by atoms with Gasteiger partial charge in [-0.1, -0.05) is 34.6 Å². The molecule has 0 bridgehead atoms. The van der Waals surface area contributed by atoms with E-state index >= 15 is 0 Å². The van der Waals surface area contributed by atoms with Crippen molar-refractivity contribution in [2.75, 3.05) is 31.1 Å². The Morgan fingerprint density at radius 1 is 1.21 bits per heavy atom. The van der Waals surface area contributed by atoms with Crippen LogP contribution >= 0.6 is 0 Å². The van der Waals surface area contributed by atoms with Crippen LogP contribution in [0.2, 0.25) is 0 Å². The van der Waals surface area contributed by atoms with Crippen molar-refractivity contribution in [2.45, 2.75) is 46.7 Å². The van der Waals surface area contributed by atoms with E-state index in [0.717, 1.165) is 13.1 Å². The molecule has 1 heterocycles. The first kappa shape index (κ1) is 16.9. The van der Waals surface area contributed by atoms with Gasteiger partial charge in [0.05, 0.1) is 5.75 Å². The van der Waals surface area contributed by atoms with E-state index in [1.807, 2.05) is 0 Å². The molecule has 0 aromatic carbocycles. The summed E-state index contributed by atoms with van der Waals surface area (Å²) < 4.78 is 23.4. The molecule has 1 rings (SSSR count). The van der Waals surface area contributed by atoms with Crippen LogP contribution in [0.3, 0.4) is 0 Å². The van der Waals surface area contributed by atoms with Gasteiger partial charge in [0.1, 0.15) is 0 Å². The van der Waals surface area contributed by atoms with Gasteiger partial charge in [0, 0.05) is 37.5 Å². The average Bonchev–Trinajstić information content (AvgIpc) is 2.35. The van der Waals surface area contributed by atoms with Gasteiger partial charge in [-0.05, 0) is 11.8 Å². The summed E-state index contributed by atoms with van der Waals surface area (Å²) >= 11 is 0. The number of hydrogen-bond donors (Lipinski definition) is 1. The molecule has 1 aliphatic heterocycles. The third-order valence-electron chi connectivity index (χ3n) is 4.19.